The lowest BCUT2D eigenvalue weighted by Gasteiger charge is -2.25. The second-order valence-electron chi connectivity index (χ2n) is 6.82. The van der Waals surface area contributed by atoms with Gasteiger partial charge in [0.25, 0.3) is 0 Å². The summed E-state index contributed by atoms with van der Waals surface area (Å²) in [6.45, 7) is 0.722. The standard InChI is InChI=1S/C18H24BrNO3S/c19-15-6-3-5-14(13-15)17-9-4-11-20(17)18(21)10-12-24(22,23)16-7-1-2-8-16/h3,5-6,13,16-17H,1-2,4,7-12H2/t17-/m0/s1. The van der Waals surface area contributed by atoms with E-state index in [1.807, 2.05) is 29.2 Å². The number of likely N-dealkylation sites (tertiary alicyclic amines) is 1. The molecule has 0 aromatic heterocycles. The fourth-order valence-corrected chi connectivity index (χ4v) is 6.17. The van der Waals surface area contributed by atoms with Gasteiger partial charge in [-0.3, -0.25) is 4.79 Å². The first kappa shape index (κ1) is 17.9. The van der Waals surface area contributed by atoms with E-state index < -0.39 is 9.84 Å². The minimum Gasteiger partial charge on any atom is -0.336 e. The van der Waals surface area contributed by atoms with Crippen LogP contribution in [0.3, 0.4) is 0 Å². The van der Waals surface area contributed by atoms with Crippen molar-refractivity contribution in [1.29, 1.82) is 0 Å². The first-order chi connectivity index (χ1) is 11.5. The minimum absolute atomic E-state index is 0.00178. The molecule has 132 valence electrons. The van der Waals surface area contributed by atoms with Gasteiger partial charge in [0.05, 0.1) is 17.0 Å². The molecule has 0 spiro atoms. The number of hydrogen-bond donors (Lipinski definition) is 0. The first-order valence-electron chi connectivity index (χ1n) is 8.74. The van der Waals surface area contributed by atoms with Crippen molar-refractivity contribution in [2.75, 3.05) is 12.3 Å². The van der Waals surface area contributed by atoms with Crippen LogP contribution >= 0.6 is 15.9 Å². The molecular weight excluding hydrogens is 390 g/mol. The number of carbonyl (C=O) groups excluding carboxylic acids is 1. The summed E-state index contributed by atoms with van der Waals surface area (Å²) in [7, 11) is -3.13. The summed E-state index contributed by atoms with van der Waals surface area (Å²) in [5.41, 5.74) is 1.12. The van der Waals surface area contributed by atoms with Gasteiger partial charge in [0, 0.05) is 17.4 Å². The average Bonchev–Trinajstić information content (AvgIpc) is 3.24. The van der Waals surface area contributed by atoms with E-state index in [1.54, 1.807) is 0 Å². The van der Waals surface area contributed by atoms with Crippen LogP contribution in [0.15, 0.2) is 28.7 Å². The molecule has 1 atom stereocenters. The summed E-state index contributed by atoms with van der Waals surface area (Å²) in [6, 6.07) is 8.11. The lowest BCUT2D eigenvalue weighted by molar-refractivity contribution is -0.131. The minimum atomic E-state index is -3.13. The molecule has 3 rings (SSSR count). The van der Waals surface area contributed by atoms with Gasteiger partial charge in [-0.25, -0.2) is 8.42 Å². The number of hydrogen-bond acceptors (Lipinski definition) is 3. The quantitative estimate of drug-likeness (QED) is 0.735. The van der Waals surface area contributed by atoms with Crippen molar-refractivity contribution in [3.8, 4) is 0 Å². The van der Waals surface area contributed by atoms with Crippen LogP contribution in [0, 0.1) is 0 Å². The Morgan fingerprint density at radius 1 is 1.17 bits per heavy atom. The number of benzene rings is 1. The molecule has 2 aliphatic rings. The molecule has 1 aromatic rings. The molecule has 24 heavy (non-hydrogen) atoms. The maximum atomic E-state index is 12.6. The Morgan fingerprint density at radius 3 is 2.62 bits per heavy atom. The van der Waals surface area contributed by atoms with Crippen LogP contribution in [0.2, 0.25) is 0 Å². The maximum Gasteiger partial charge on any atom is 0.224 e. The van der Waals surface area contributed by atoms with Gasteiger partial charge >= 0.3 is 0 Å². The predicted molar refractivity (Wildman–Crippen MR) is 98.5 cm³/mol. The number of halogens is 1. The first-order valence-corrected chi connectivity index (χ1v) is 11.2. The predicted octanol–water partition coefficient (Wildman–Crippen LogP) is 3.86. The zero-order valence-corrected chi connectivity index (χ0v) is 16.2. The molecule has 0 N–H and O–H groups in total. The van der Waals surface area contributed by atoms with Crippen LogP contribution in [0.5, 0.6) is 0 Å². The van der Waals surface area contributed by atoms with Crippen LogP contribution in [0.1, 0.15) is 56.6 Å². The van der Waals surface area contributed by atoms with Crippen molar-refractivity contribution in [2.45, 2.75) is 56.2 Å². The molecule has 1 aliphatic carbocycles. The van der Waals surface area contributed by atoms with Crippen LogP contribution in [0.4, 0.5) is 0 Å². The molecule has 0 radical (unpaired) electrons. The molecule has 1 aliphatic heterocycles. The Labute approximate surface area is 152 Å². The fraction of sp³-hybridized carbons (Fsp3) is 0.611. The van der Waals surface area contributed by atoms with Crippen molar-refractivity contribution in [1.82, 2.24) is 4.90 Å². The Morgan fingerprint density at radius 2 is 1.92 bits per heavy atom. The van der Waals surface area contributed by atoms with Gasteiger partial charge in [-0.15, -0.1) is 0 Å². The molecule has 0 unspecified atom stereocenters. The third-order valence-electron chi connectivity index (χ3n) is 5.22. The summed E-state index contributed by atoms with van der Waals surface area (Å²) in [6.07, 6.45) is 5.55. The molecule has 1 saturated carbocycles. The third-order valence-corrected chi connectivity index (χ3v) is 7.97. The van der Waals surface area contributed by atoms with E-state index in [1.165, 1.54) is 0 Å². The Kier molecular flexibility index (Phi) is 5.65. The summed E-state index contributed by atoms with van der Waals surface area (Å²) in [4.78, 5) is 14.5. The maximum absolute atomic E-state index is 12.6. The van der Waals surface area contributed by atoms with Gasteiger partial charge < -0.3 is 4.90 Å². The van der Waals surface area contributed by atoms with Crippen molar-refractivity contribution >= 4 is 31.7 Å². The Hall–Kier alpha value is -0.880. The lowest BCUT2D eigenvalue weighted by atomic mass is 10.0. The van der Waals surface area contributed by atoms with Crippen molar-refractivity contribution in [3.63, 3.8) is 0 Å². The van der Waals surface area contributed by atoms with Crippen LogP contribution in [-0.2, 0) is 14.6 Å². The summed E-state index contributed by atoms with van der Waals surface area (Å²) >= 11 is 3.48. The number of carbonyl (C=O) groups is 1. The zero-order valence-electron chi connectivity index (χ0n) is 13.8. The van der Waals surface area contributed by atoms with Crippen molar-refractivity contribution < 1.29 is 13.2 Å². The van der Waals surface area contributed by atoms with E-state index in [0.29, 0.717) is 0 Å². The highest BCUT2D eigenvalue weighted by molar-refractivity contribution is 9.10. The van der Waals surface area contributed by atoms with E-state index in [9.17, 15) is 13.2 Å². The largest absolute Gasteiger partial charge is 0.336 e. The van der Waals surface area contributed by atoms with Gasteiger partial charge in [0.15, 0.2) is 9.84 Å². The smallest absolute Gasteiger partial charge is 0.224 e. The number of sulfone groups is 1. The van der Waals surface area contributed by atoms with Gasteiger partial charge in [-0.05, 0) is 43.4 Å². The van der Waals surface area contributed by atoms with Gasteiger partial charge in [0.1, 0.15) is 0 Å². The van der Waals surface area contributed by atoms with E-state index in [0.717, 1.165) is 55.1 Å². The van der Waals surface area contributed by atoms with Crippen LogP contribution in [0.25, 0.3) is 0 Å². The summed E-state index contributed by atoms with van der Waals surface area (Å²) in [5, 5.41) is -0.218. The number of rotatable bonds is 5. The second-order valence-corrected chi connectivity index (χ2v) is 10.1. The lowest BCUT2D eigenvalue weighted by Crippen LogP contribution is -2.33. The van der Waals surface area contributed by atoms with Gasteiger partial charge in [0.2, 0.25) is 5.91 Å². The van der Waals surface area contributed by atoms with Gasteiger partial charge in [-0.1, -0.05) is 40.9 Å². The summed E-state index contributed by atoms with van der Waals surface area (Å²) in [5.74, 6) is -0.0304. The molecule has 1 aromatic carbocycles. The number of nitrogens with zero attached hydrogens (tertiary/aromatic N) is 1. The van der Waals surface area contributed by atoms with E-state index in [2.05, 4.69) is 15.9 Å². The molecule has 6 heteroatoms. The topological polar surface area (TPSA) is 54.5 Å². The van der Waals surface area contributed by atoms with Crippen molar-refractivity contribution in [3.05, 3.63) is 34.3 Å². The summed E-state index contributed by atoms with van der Waals surface area (Å²) < 4.78 is 25.7. The highest BCUT2D eigenvalue weighted by Crippen LogP contribution is 2.34. The van der Waals surface area contributed by atoms with Crippen molar-refractivity contribution in [2.24, 2.45) is 0 Å². The third kappa shape index (κ3) is 4.02. The molecule has 1 heterocycles. The molecule has 4 nitrogen and oxygen atoms in total. The SMILES string of the molecule is O=C(CCS(=O)(=O)C1CCCC1)N1CCC[C@H]1c1cccc(Br)c1. The molecule has 2 fully saturated rings. The second kappa shape index (κ2) is 7.56. The molecule has 1 saturated heterocycles. The highest BCUT2D eigenvalue weighted by atomic mass is 79.9. The Bertz CT molecular complexity index is 698. The van der Waals surface area contributed by atoms with Crippen LogP contribution in [-0.4, -0.2) is 36.8 Å². The normalized spacial score (nSPS) is 22.2. The van der Waals surface area contributed by atoms with E-state index >= 15 is 0 Å². The van der Waals surface area contributed by atoms with Gasteiger partial charge in [-0.2, -0.15) is 0 Å². The van der Waals surface area contributed by atoms with E-state index in [4.69, 9.17) is 0 Å². The van der Waals surface area contributed by atoms with Crippen LogP contribution < -0.4 is 0 Å². The van der Waals surface area contributed by atoms with E-state index in [-0.39, 0.29) is 29.4 Å². The highest BCUT2D eigenvalue weighted by Gasteiger charge is 2.33. The molecular formula is C18H24BrNO3S. The zero-order chi connectivity index (χ0) is 17.2. The Balaban J connectivity index is 1.63. The molecule has 0 bridgehead atoms. The fourth-order valence-electron chi connectivity index (χ4n) is 3.91. The molecule has 1 amide bonds. The average molecular weight is 414 g/mol. The number of amides is 1. The monoisotopic (exact) mass is 413 g/mol.